The Bertz CT molecular complexity index is 1190. The fraction of sp³-hybridized carbons (Fsp3) is 0.500. The number of ether oxygens (including phenoxy) is 2. The molecule has 0 unspecified atom stereocenters. The van der Waals surface area contributed by atoms with Gasteiger partial charge < -0.3 is 19.3 Å². The number of esters is 2. The van der Waals surface area contributed by atoms with Crippen LogP contribution in [0.3, 0.4) is 0 Å². The zero-order valence-corrected chi connectivity index (χ0v) is 24.2. The van der Waals surface area contributed by atoms with Crippen molar-refractivity contribution >= 4 is 23.8 Å². The Kier molecular flexibility index (Phi) is 10.5. The van der Waals surface area contributed by atoms with Crippen LogP contribution in [0.25, 0.3) is 0 Å². The number of rotatable bonds is 11. The first-order valence-corrected chi connectivity index (χ1v) is 14.6. The molecule has 0 aromatic heterocycles. The number of hydrogen-bond acceptors (Lipinski definition) is 7. The van der Waals surface area contributed by atoms with Gasteiger partial charge in [0.25, 0.3) is 5.91 Å². The van der Waals surface area contributed by atoms with E-state index in [1.54, 1.807) is 42.7 Å². The van der Waals surface area contributed by atoms with Gasteiger partial charge in [-0.1, -0.05) is 48.5 Å². The van der Waals surface area contributed by atoms with Gasteiger partial charge in [-0.25, -0.2) is 4.79 Å². The summed E-state index contributed by atoms with van der Waals surface area (Å²) in [5, 5.41) is 3.20. The molecule has 0 bridgehead atoms. The minimum absolute atomic E-state index is 0.0688. The van der Waals surface area contributed by atoms with E-state index >= 15 is 0 Å². The van der Waals surface area contributed by atoms with Crippen molar-refractivity contribution in [3.8, 4) is 0 Å². The number of nitrogens with one attached hydrogen (secondary N) is 1. The van der Waals surface area contributed by atoms with Crippen LogP contribution in [0.2, 0.25) is 0 Å². The second-order valence-electron chi connectivity index (χ2n) is 10.7. The molecule has 2 aliphatic rings. The topological polar surface area (TPSA) is 105 Å². The van der Waals surface area contributed by atoms with Gasteiger partial charge in [0.1, 0.15) is 12.1 Å². The van der Waals surface area contributed by atoms with Crippen molar-refractivity contribution < 1.29 is 28.7 Å². The normalized spacial score (nSPS) is 21.5. The Morgan fingerprint density at radius 3 is 2.27 bits per heavy atom. The van der Waals surface area contributed by atoms with Crippen molar-refractivity contribution in [2.75, 3.05) is 26.3 Å². The number of amides is 2. The molecular formula is C32H41N3O6. The number of benzene rings is 2. The number of aryl methyl sites for hydroxylation is 1. The Morgan fingerprint density at radius 2 is 1.61 bits per heavy atom. The van der Waals surface area contributed by atoms with Gasteiger partial charge in [0.05, 0.1) is 25.3 Å². The molecule has 9 nitrogen and oxygen atoms in total. The first kappa shape index (κ1) is 30.2. The average molecular weight is 564 g/mol. The number of fused-ring (bicyclic) bond motifs is 1. The second kappa shape index (κ2) is 14.3. The maximum Gasteiger partial charge on any atom is 0.328 e. The van der Waals surface area contributed by atoms with Crippen LogP contribution in [0.4, 0.5) is 0 Å². The van der Waals surface area contributed by atoms with Crippen LogP contribution in [0, 0.1) is 5.92 Å². The molecular weight excluding hydrogens is 522 g/mol. The van der Waals surface area contributed by atoms with Crippen LogP contribution in [0.1, 0.15) is 56.0 Å². The molecule has 2 saturated heterocycles. The Hall–Kier alpha value is -3.72. The zero-order valence-electron chi connectivity index (χ0n) is 24.2. The lowest BCUT2D eigenvalue weighted by molar-refractivity contribution is -0.155. The number of carbonyl (C=O) groups is 4. The summed E-state index contributed by atoms with van der Waals surface area (Å²) in [6.45, 7) is 6.54. The third-order valence-electron chi connectivity index (χ3n) is 8.02. The van der Waals surface area contributed by atoms with E-state index in [-0.39, 0.29) is 37.0 Å². The first-order chi connectivity index (χ1) is 19.8. The fourth-order valence-electron chi connectivity index (χ4n) is 5.98. The summed E-state index contributed by atoms with van der Waals surface area (Å²) in [6, 6.07) is 16.4. The summed E-state index contributed by atoms with van der Waals surface area (Å²) in [7, 11) is 0. The molecule has 2 aliphatic heterocycles. The summed E-state index contributed by atoms with van der Waals surface area (Å²) in [5.41, 5.74) is 1.67. The molecule has 2 aromatic carbocycles. The number of hydrogen-bond donors (Lipinski definition) is 1. The number of nitrogens with zero attached hydrogens (tertiary/aromatic N) is 2. The van der Waals surface area contributed by atoms with Gasteiger partial charge in [0, 0.05) is 18.7 Å². The van der Waals surface area contributed by atoms with Gasteiger partial charge in [0.15, 0.2) is 0 Å². The maximum atomic E-state index is 14.1. The molecule has 0 saturated carbocycles. The van der Waals surface area contributed by atoms with E-state index in [0.717, 1.165) is 5.56 Å². The molecule has 41 heavy (non-hydrogen) atoms. The van der Waals surface area contributed by atoms with E-state index in [2.05, 4.69) is 5.32 Å². The van der Waals surface area contributed by atoms with Crippen LogP contribution in [-0.4, -0.2) is 84.0 Å². The summed E-state index contributed by atoms with van der Waals surface area (Å²) in [6.07, 6.45) is 2.26. The van der Waals surface area contributed by atoms with E-state index in [1.807, 2.05) is 48.5 Å². The predicted molar refractivity (Wildman–Crippen MR) is 154 cm³/mol. The van der Waals surface area contributed by atoms with Crippen LogP contribution >= 0.6 is 0 Å². The lowest BCUT2D eigenvalue weighted by Crippen LogP contribution is -2.59. The van der Waals surface area contributed by atoms with Gasteiger partial charge in [-0.3, -0.25) is 19.7 Å². The van der Waals surface area contributed by atoms with Crippen molar-refractivity contribution in [3.05, 3.63) is 71.8 Å². The molecule has 9 heteroatoms. The van der Waals surface area contributed by atoms with Crippen LogP contribution in [0.5, 0.6) is 0 Å². The van der Waals surface area contributed by atoms with Crippen LogP contribution in [0.15, 0.2) is 60.7 Å². The van der Waals surface area contributed by atoms with Crippen molar-refractivity contribution in [1.29, 1.82) is 0 Å². The predicted octanol–water partition coefficient (Wildman–Crippen LogP) is 3.22. The first-order valence-electron chi connectivity index (χ1n) is 14.6. The van der Waals surface area contributed by atoms with Gasteiger partial charge in [-0.05, 0) is 70.1 Å². The number of likely N-dealkylation sites (tertiary alicyclic amines) is 2. The third-order valence-corrected chi connectivity index (χ3v) is 8.02. The van der Waals surface area contributed by atoms with Gasteiger partial charge >= 0.3 is 11.9 Å². The van der Waals surface area contributed by atoms with E-state index in [4.69, 9.17) is 9.47 Å². The fourth-order valence-corrected chi connectivity index (χ4v) is 5.98. The highest BCUT2D eigenvalue weighted by Gasteiger charge is 2.51. The second-order valence-corrected chi connectivity index (χ2v) is 10.7. The van der Waals surface area contributed by atoms with E-state index in [9.17, 15) is 19.2 Å². The van der Waals surface area contributed by atoms with Gasteiger partial charge in [0.2, 0.25) is 5.91 Å². The smallest absolute Gasteiger partial charge is 0.328 e. The molecule has 0 aliphatic carbocycles. The van der Waals surface area contributed by atoms with Gasteiger partial charge in [-0.15, -0.1) is 0 Å². The van der Waals surface area contributed by atoms with Crippen molar-refractivity contribution in [1.82, 2.24) is 15.1 Å². The Balaban J connectivity index is 1.52. The molecule has 2 amide bonds. The Morgan fingerprint density at radius 1 is 0.951 bits per heavy atom. The number of piperidine rings is 1. The van der Waals surface area contributed by atoms with Crippen molar-refractivity contribution in [2.24, 2.45) is 5.92 Å². The largest absolute Gasteiger partial charge is 0.465 e. The summed E-state index contributed by atoms with van der Waals surface area (Å²) in [4.78, 5) is 56.6. The summed E-state index contributed by atoms with van der Waals surface area (Å²) < 4.78 is 10.7. The average Bonchev–Trinajstić information content (AvgIpc) is 3.38. The quantitative estimate of drug-likeness (QED) is 0.419. The van der Waals surface area contributed by atoms with E-state index in [0.29, 0.717) is 44.3 Å². The van der Waals surface area contributed by atoms with Crippen molar-refractivity contribution in [3.63, 3.8) is 0 Å². The minimum Gasteiger partial charge on any atom is -0.465 e. The lowest BCUT2D eigenvalue weighted by Gasteiger charge is -2.40. The molecule has 4 rings (SSSR count). The third kappa shape index (κ3) is 7.33. The standard InChI is InChI=1S/C32H41N3O6/c1-4-40-31(38)26(17-16-23-12-8-6-9-13-23)33-22(3)29(36)35-27(32(39)41-5-2)20-25-18-19-34(21-28(25)35)30(37)24-14-10-7-11-15-24/h6-15,22,25-28,33H,4-5,16-21H2,1-3H3/t22-,25+,26+,27+,28+/m1/s1. The molecule has 5 atom stereocenters. The number of carbonyl (C=O) groups excluding carboxylic acids is 4. The summed E-state index contributed by atoms with van der Waals surface area (Å²) in [5.74, 6) is -1.17. The molecule has 2 heterocycles. The zero-order chi connectivity index (χ0) is 29.4. The van der Waals surface area contributed by atoms with Crippen molar-refractivity contribution in [2.45, 2.75) is 70.6 Å². The highest BCUT2D eigenvalue weighted by Crippen LogP contribution is 2.37. The van der Waals surface area contributed by atoms with E-state index in [1.165, 1.54) is 0 Å². The summed E-state index contributed by atoms with van der Waals surface area (Å²) >= 11 is 0. The maximum absolute atomic E-state index is 14.1. The monoisotopic (exact) mass is 563 g/mol. The van der Waals surface area contributed by atoms with Crippen LogP contribution in [-0.2, 0) is 30.3 Å². The minimum atomic E-state index is -0.768. The van der Waals surface area contributed by atoms with Crippen LogP contribution < -0.4 is 5.32 Å². The molecule has 2 fully saturated rings. The molecule has 2 aromatic rings. The SMILES string of the molecule is CCOC(=O)[C@H](CCc1ccccc1)N[C@H](C)C(=O)N1[C@H](C(=O)OCC)C[C@@H]2CCN(C(=O)c3ccccc3)C[C@@H]21. The molecule has 1 N–H and O–H groups in total. The highest BCUT2D eigenvalue weighted by molar-refractivity contribution is 5.94. The van der Waals surface area contributed by atoms with E-state index < -0.39 is 30.1 Å². The highest BCUT2D eigenvalue weighted by atomic mass is 16.5. The van der Waals surface area contributed by atoms with Gasteiger partial charge in [-0.2, -0.15) is 0 Å². The molecule has 0 spiro atoms. The lowest BCUT2D eigenvalue weighted by atomic mass is 9.91. The Labute approximate surface area is 242 Å². The molecule has 0 radical (unpaired) electrons. The molecule has 220 valence electrons.